The van der Waals surface area contributed by atoms with E-state index in [0.717, 1.165) is 19.4 Å². The lowest BCUT2D eigenvalue weighted by Crippen LogP contribution is -2.44. The van der Waals surface area contributed by atoms with Crippen molar-refractivity contribution in [3.05, 3.63) is 30.7 Å². The summed E-state index contributed by atoms with van der Waals surface area (Å²) in [4.78, 5) is 14.2. The Labute approximate surface area is 129 Å². The molecule has 0 bridgehead atoms. The van der Waals surface area contributed by atoms with Gasteiger partial charge < -0.3 is 14.1 Å². The fourth-order valence-electron chi connectivity index (χ4n) is 2.75. The van der Waals surface area contributed by atoms with Crippen molar-refractivity contribution in [2.75, 3.05) is 13.2 Å². The predicted molar refractivity (Wildman–Crippen MR) is 80.3 cm³/mol. The minimum Gasteiger partial charge on any atom is -0.483 e. The van der Waals surface area contributed by atoms with Gasteiger partial charge in [-0.05, 0) is 38.3 Å². The first-order valence-electron chi connectivity index (χ1n) is 7.53. The fourth-order valence-corrected chi connectivity index (χ4v) is 2.75. The van der Waals surface area contributed by atoms with Crippen molar-refractivity contribution in [1.82, 2.24) is 15.1 Å². The summed E-state index contributed by atoms with van der Waals surface area (Å²) in [6.07, 6.45) is 4.58. The molecule has 0 spiro atoms. The van der Waals surface area contributed by atoms with Crippen LogP contribution in [-0.4, -0.2) is 40.2 Å². The molecule has 1 saturated heterocycles. The average molecular weight is 301 g/mol. The standard InChI is InChI=1S/C16H19N3O3/c1-12-6-4-5-9-19(12)15(20)10-21-14-8-3-2-7-13(14)16-18-17-11-22-16/h2-3,7-8,11-12H,4-6,9-10H2,1H3/t12-/m0/s1. The summed E-state index contributed by atoms with van der Waals surface area (Å²) in [5.74, 6) is 0.978. The number of hydrogen-bond donors (Lipinski definition) is 0. The SMILES string of the molecule is C[C@H]1CCCCN1C(=O)COc1ccccc1-c1nnco1. The Kier molecular flexibility index (Phi) is 4.37. The molecule has 0 aliphatic carbocycles. The molecule has 1 aromatic carbocycles. The van der Waals surface area contributed by atoms with Gasteiger partial charge in [-0.15, -0.1) is 10.2 Å². The van der Waals surface area contributed by atoms with Crippen molar-refractivity contribution < 1.29 is 13.9 Å². The Balaban J connectivity index is 1.68. The summed E-state index contributed by atoms with van der Waals surface area (Å²) in [6, 6.07) is 7.63. The quantitative estimate of drug-likeness (QED) is 0.868. The molecule has 1 aromatic heterocycles. The lowest BCUT2D eigenvalue weighted by molar-refractivity contribution is -0.136. The number of ether oxygens (including phenoxy) is 1. The molecular weight excluding hydrogens is 282 g/mol. The summed E-state index contributed by atoms with van der Waals surface area (Å²) >= 11 is 0. The topological polar surface area (TPSA) is 68.5 Å². The van der Waals surface area contributed by atoms with Gasteiger partial charge in [-0.3, -0.25) is 4.79 Å². The number of nitrogens with zero attached hydrogens (tertiary/aromatic N) is 3. The third-order valence-electron chi connectivity index (χ3n) is 3.95. The van der Waals surface area contributed by atoms with Crippen LogP contribution in [0.25, 0.3) is 11.5 Å². The predicted octanol–water partition coefficient (Wildman–Crippen LogP) is 2.52. The second-order valence-corrected chi connectivity index (χ2v) is 5.46. The molecule has 1 aliphatic rings. The van der Waals surface area contributed by atoms with E-state index in [1.807, 2.05) is 23.1 Å². The van der Waals surface area contributed by atoms with Gasteiger partial charge in [-0.2, -0.15) is 0 Å². The van der Waals surface area contributed by atoms with Gasteiger partial charge in [0.1, 0.15) is 5.75 Å². The first-order chi connectivity index (χ1) is 10.8. The van der Waals surface area contributed by atoms with E-state index in [2.05, 4.69) is 17.1 Å². The number of amides is 1. The number of hydrogen-bond acceptors (Lipinski definition) is 5. The van der Waals surface area contributed by atoms with Crippen LogP contribution < -0.4 is 4.74 Å². The van der Waals surface area contributed by atoms with Crippen LogP contribution >= 0.6 is 0 Å². The zero-order chi connectivity index (χ0) is 15.4. The Morgan fingerprint density at radius 2 is 2.27 bits per heavy atom. The Morgan fingerprint density at radius 3 is 3.05 bits per heavy atom. The number of para-hydroxylation sites is 1. The highest BCUT2D eigenvalue weighted by Crippen LogP contribution is 2.28. The van der Waals surface area contributed by atoms with Crippen LogP contribution in [0.15, 0.2) is 35.1 Å². The molecule has 1 fully saturated rings. The molecule has 0 unspecified atom stereocenters. The highest BCUT2D eigenvalue weighted by atomic mass is 16.5. The molecule has 0 radical (unpaired) electrons. The number of piperidine rings is 1. The van der Waals surface area contributed by atoms with Crippen molar-refractivity contribution in [3.63, 3.8) is 0 Å². The zero-order valence-corrected chi connectivity index (χ0v) is 12.6. The van der Waals surface area contributed by atoms with Gasteiger partial charge in [0.2, 0.25) is 6.39 Å². The van der Waals surface area contributed by atoms with Crippen molar-refractivity contribution in [2.24, 2.45) is 0 Å². The smallest absolute Gasteiger partial charge is 0.260 e. The summed E-state index contributed by atoms with van der Waals surface area (Å²) in [7, 11) is 0. The van der Waals surface area contributed by atoms with Crippen LogP contribution in [0.1, 0.15) is 26.2 Å². The second-order valence-electron chi connectivity index (χ2n) is 5.46. The van der Waals surface area contributed by atoms with E-state index in [-0.39, 0.29) is 18.6 Å². The van der Waals surface area contributed by atoms with Gasteiger partial charge in [0.05, 0.1) is 5.56 Å². The second kappa shape index (κ2) is 6.60. The molecule has 6 heteroatoms. The number of likely N-dealkylation sites (tertiary alicyclic amines) is 1. The van der Waals surface area contributed by atoms with E-state index in [0.29, 0.717) is 17.2 Å². The van der Waals surface area contributed by atoms with E-state index in [4.69, 9.17) is 9.15 Å². The molecule has 1 amide bonds. The third kappa shape index (κ3) is 3.10. The third-order valence-corrected chi connectivity index (χ3v) is 3.95. The maximum atomic E-state index is 12.3. The van der Waals surface area contributed by atoms with Crippen LogP contribution in [0.5, 0.6) is 5.75 Å². The van der Waals surface area contributed by atoms with Gasteiger partial charge in [-0.1, -0.05) is 12.1 Å². The molecule has 3 rings (SSSR count). The molecular formula is C16H19N3O3. The molecule has 0 saturated carbocycles. The molecule has 2 aromatic rings. The molecule has 22 heavy (non-hydrogen) atoms. The van der Waals surface area contributed by atoms with E-state index < -0.39 is 0 Å². The zero-order valence-electron chi connectivity index (χ0n) is 12.6. The van der Waals surface area contributed by atoms with Crippen LogP contribution in [0.3, 0.4) is 0 Å². The largest absolute Gasteiger partial charge is 0.483 e. The Hall–Kier alpha value is -2.37. The summed E-state index contributed by atoms with van der Waals surface area (Å²) in [5.41, 5.74) is 0.694. The Morgan fingerprint density at radius 1 is 1.41 bits per heavy atom. The molecule has 6 nitrogen and oxygen atoms in total. The van der Waals surface area contributed by atoms with Crippen molar-refractivity contribution in [3.8, 4) is 17.2 Å². The van der Waals surface area contributed by atoms with Gasteiger partial charge in [0.25, 0.3) is 11.8 Å². The number of rotatable bonds is 4. The lowest BCUT2D eigenvalue weighted by Gasteiger charge is -2.33. The summed E-state index contributed by atoms with van der Waals surface area (Å²) in [6.45, 7) is 2.92. The number of carbonyl (C=O) groups excluding carboxylic acids is 1. The number of aromatic nitrogens is 2. The number of benzene rings is 1. The molecule has 1 atom stereocenters. The number of carbonyl (C=O) groups is 1. The van der Waals surface area contributed by atoms with E-state index >= 15 is 0 Å². The molecule has 2 heterocycles. The molecule has 116 valence electrons. The van der Waals surface area contributed by atoms with Crippen molar-refractivity contribution in [1.29, 1.82) is 0 Å². The minimum absolute atomic E-state index is 0.0209. The van der Waals surface area contributed by atoms with Gasteiger partial charge in [-0.25, -0.2) is 0 Å². The van der Waals surface area contributed by atoms with Gasteiger partial charge in [0.15, 0.2) is 6.61 Å². The van der Waals surface area contributed by atoms with Crippen LogP contribution in [-0.2, 0) is 4.79 Å². The van der Waals surface area contributed by atoms with Crippen molar-refractivity contribution >= 4 is 5.91 Å². The van der Waals surface area contributed by atoms with Crippen LogP contribution in [0, 0.1) is 0 Å². The molecule has 1 aliphatic heterocycles. The summed E-state index contributed by atoms with van der Waals surface area (Å²) < 4.78 is 10.9. The monoisotopic (exact) mass is 301 g/mol. The van der Waals surface area contributed by atoms with Crippen LogP contribution in [0.4, 0.5) is 0 Å². The van der Waals surface area contributed by atoms with Crippen molar-refractivity contribution in [2.45, 2.75) is 32.2 Å². The van der Waals surface area contributed by atoms with Gasteiger partial charge >= 0.3 is 0 Å². The average Bonchev–Trinajstić information content (AvgIpc) is 3.07. The highest BCUT2D eigenvalue weighted by molar-refractivity contribution is 5.78. The highest BCUT2D eigenvalue weighted by Gasteiger charge is 2.23. The first-order valence-corrected chi connectivity index (χ1v) is 7.53. The first kappa shape index (κ1) is 14.6. The van der Waals surface area contributed by atoms with Gasteiger partial charge in [0, 0.05) is 12.6 Å². The summed E-state index contributed by atoms with van der Waals surface area (Å²) in [5, 5.41) is 7.56. The maximum Gasteiger partial charge on any atom is 0.260 e. The fraction of sp³-hybridized carbons (Fsp3) is 0.438. The van der Waals surface area contributed by atoms with E-state index in [1.165, 1.54) is 12.8 Å². The Bertz CT molecular complexity index is 627. The maximum absolute atomic E-state index is 12.3. The lowest BCUT2D eigenvalue weighted by atomic mass is 10.0. The van der Waals surface area contributed by atoms with E-state index in [1.54, 1.807) is 6.07 Å². The molecule has 0 N–H and O–H groups in total. The normalized spacial score (nSPS) is 18.2. The van der Waals surface area contributed by atoms with Crippen LogP contribution in [0.2, 0.25) is 0 Å². The van der Waals surface area contributed by atoms with E-state index in [9.17, 15) is 4.79 Å². The minimum atomic E-state index is 0.0209.